The summed E-state index contributed by atoms with van der Waals surface area (Å²) in [5, 5.41) is 0.168. The van der Waals surface area contributed by atoms with Gasteiger partial charge in [-0.2, -0.15) is 4.31 Å². The van der Waals surface area contributed by atoms with Crippen LogP contribution in [0.2, 0.25) is 5.02 Å². The highest BCUT2D eigenvalue weighted by Gasteiger charge is 2.37. The first kappa shape index (κ1) is 15.6. The van der Waals surface area contributed by atoms with Crippen molar-refractivity contribution in [1.29, 1.82) is 0 Å². The molecule has 1 saturated heterocycles. The number of nitrogens with two attached hydrogens (primary N) is 1. The summed E-state index contributed by atoms with van der Waals surface area (Å²) in [6, 6.07) is 4.49. The fourth-order valence-corrected chi connectivity index (χ4v) is 4.38. The van der Waals surface area contributed by atoms with Crippen LogP contribution < -0.4 is 5.73 Å². The van der Waals surface area contributed by atoms with Crippen molar-refractivity contribution in [2.24, 2.45) is 0 Å². The van der Waals surface area contributed by atoms with Crippen LogP contribution in [-0.2, 0) is 10.0 Å². The zero-order valence-corrected chi connectivity index (χ0v) is 13.5. The molecule has 1 aromatic carbocycles. The molecule has 112 valence electrons. The number of benzene rings is 1. The lowest BCUT2D eigenvalue weighted by molar-refractivity contribution is 0.0801. The molecule has 7 heteroatoms. The first-order valence-corrected chi connectivity index (χ1v) is 8.23. The number of likely N-dealkylation sites (N-methyl/N-ethyl adjacent to an activating group) is 1. The molecule has 0 amide bonds. The lowest BCUT2D eigenvalue weighted by Crippen LogP contribution is -2.58. The molecule has 1 aromatic rings. The number of hydrogen-bond acceptors (Lipinski definition) is 4. The van der Waals surface area contributed by atoms with Gasteiger partial charge in [-0.1, -0.05) is 11.6 Å². The maximum absolute atomic E-state index is 12.7. The number of rotatable bonds is 2. The van der Waals surface area contributed by atoms with Gasteiger partial charge in [0.2, 0.25) is 10.0 Å². The molecule has 0 atom stereocenters. The molecular formula is C13H20ClN3O2S. The summed E-state index contributed by atoms with van der Waals surface area (Å²) in [5.41, 5.74) is 5.86. The van der Waals surface area contributed by atoms with Crippen molar-refractivity contribution < 1.29 is 8.42 Å². The molecule has 0 bridgehead atoms. The summed E-state index contributed by atoms with van der Waals surface area (Å²) in [6.45, 7) is 5.65. The van der Waals surface area contributed by atoms with Crippen LogP contribution in [0.4, 0.5) is 5.69 Å². The van der Waals surface area contributed by atoms with Crippen LogP contribution in [0.1, 0.15) is 13.8 Å². The van der Waals surface area contributed by atoms with Gasteiger partial charge in [0.15, 0.2) is 0 Å². The number of sulfonamides is 1. The number of nitrogen functional groups attached to an aromatic ring is 1. The standard InChI is InChI=1S/C13H20ClN3O2S/c1-13(2)9-17(7-6-16(13)3)20(18,19)12-5-4-10(15)8-11(12)14/h4-5,8H,6-7,9,15H2,1-3H3. The van der Waals surface area contributed by atoms with E-state index in [1.807, 2.05) is 20.9 Å². The van der Waals surface area contributed by atoms with Gasteiger partial charge < -0.3 is 5.73 Å². The van der Waals surface area contributed by atoms with Crippen molar-refractivity contribution in [3.8, 4) is 0 Å². The van der Waals surface area contributed by atoms with E-state index in [1.54, 1.807) is 6.07 Å². The minimum atomic E-state index is -3.58. The maximum Gasteiger partial charge on any atom is 0.244 e. The van der Waals surface area contributed by atoms with E-state index in [4.69, 9.17) is 17.3 Å². The summed E-state index contributed by atoms with van der Waals surface area (Å²) in [6.07, 6.45) is 0. The van der Waals surface area contributed by atoms with E-state index in [9.17, 15) is 8.42 Å². The number of piperazine rings is 1. The first-order chi connectivity index (χ1) is 9.14. The van der Waals surface area contributed by atoms with Crippen molar-refractivity contribution in [1.82, 2.24) is 9.21 Å². The molecule has 0 aromatic heterocycles. The smallest absolute Gasteiger partial charge is 0.244 e. The molecule has 0 spiro atoms. The van der Waals surface area contributed by atoms with Gasteiger partial charge in [0.05, 0.1) is 5.02 Å². The third-order valence-electron chi connectivity index (χ3n) is 3.86. The van der Waals surface area contributed by atoms with Gasteiger partial charge in [0.25, 0.3) is 0 Å². The Morgan fingerprint density at radius 1 is 1.30 bits per heavy atom. The molecule has 1 aliphatic heterocycles. The molecule has 1 fully saturated rings. The second-order valence-corrected chi connectivity index (χ2v) is 8.08. The van der Waals surface area contributed by atoms with Gasteiger partial charge in [-0.25, -0.2) is 8.42 Å². The average molecular weight is 318 g/mol. The van der Waals surface area contributed by atoms with E-state index in [0.29, 0.717) is 25.3 Å². The Bertz CT molecular complexity index is 616. The van der Waals surface area contributed by atoms with Gasteiger partial charge in [0, 0.05) is 30.9 Å². The van der Waals surface area contributed by atoms with Crippen molar-refractivity contribution in [3.63, 3.8) is 0 Å². The monoisotopic (exact) mass is 317 g/mol. The third kappa shape index (κ3) is 2.79. The second-order valence-electron chi connectivity index (χ2n) is 5.76. The van der Waals surface area contributed by atoms with Crippen LogP contribution in [0.25, 0.3) is 0 Å². The molecule has 2 rings (SSSR count). The van der Waals surface area contributed by atoms with Gasteiger partial charge in [-0.3, -0.25) is 4.90 Å². The van der Waals surface area contributed by atoms with Crippen molar-refractivity contribution in [2.45, 2.75) is 24.3 Å². The van der Waals surface area contributed by atoms with E-state index in [-0.39, 0.29) is 15.5 Å². The van der Waals surface area contributed by atoms with Crippen molar-refractivity contribution in [3.05, 3.63) is 23.2 Å². The van der Waals surface area contributed by atoms with E-state index in [0.717, 1.165) is 0 Å². The Balaban J connectivity index is 2.36. The Labute approximate surface area is 125 Å². The first-order valence-electron chi connectivity index (χ1n) is 6.41. The molecular weight excluding hydrogens is 298 g/mol. The molecule has 5 nitrogen and oxygen atoms in total. The summed E-state index contributed by atoms with van der Waals surface area (Å²) in [5.74, 6) is 0. The minimum Gasteiger partial charge on any atom is -0.399 e. The molecule has 20 heavy (non-hydrogen) atoms. The third-order valence-corrected chi connectivity index (χ3v) is 6.18. The molecule has 0 unspecified atom stereocenters. The summed E-state index contributed by atoms with van der Waals surface area (Å²) in [4.78, 5) is 2.28. The van der Waals surface area contributed by atoms with E-state index in [2.05, 4.69) is 4.90 Å². The number of hydrogen-bond donors (Lipinski definition) is 1. The fourth-order valence-electron chi connectivity index (χ4n) is 2.27. The van der Waals surface area contributed by atoms with E-state index in [1.165, 1.54) is 16.4 Å². The van der Waals surface area contributed by atoms with E-state index >= 15 is 0 Å². The normalized spacial score (nSPS) is 21.0. The van der Waals surface area contributed by atoms with Gasteiger partial charge >= 0.3 is 0 Å². The molecule has 0 radical (unpaired) electrons. The highest BCUT2D eigenvalue weighted by atomic mass is 35.5. The zero-order valence-electron chi connectivity index (χ0n) is 11.9. The van der Waals surface area contributed by atoms with E-state index < -0.39 is 10.0 Å². The quantitative estimate of drug-likeness (QED) is 0.842. The maximum atomic E-state index is 12.7. The molecule has 2 N–H and O–H groups in total. The Morgan fingerprint density at radius 3 is 2.50 bits per heavy atom. The Kier molecular flexibility index (Phi) is 4.03. The summed E-state index contributed by atoms with van der Waals surface area (Å²) < 4.78 is 26.9. The van der Waals surface area contributed by atoms with Crippen LogP contribution >= 0.6 is 11.6 Å². The number of halogens is 1. The highest BCUT2D eigenvalue weighted by Crippen LogP contribution is 2.29. The van der Waals surface area contributed by atoms with Crippen LogP contribution in [0.5, 0.6) is 0 Å². The van der Waals surface area contributed by atoms with Gasteiger partial charge in [-0.15, -0.1) is 0 Å². The molecule has 1 aliphatic rings. The Hall–Kier alpha value is -0.820. The Morgan fingerprint density at radius 2 is 1.95 bits per heavy atom. The highest BCUT2D eigenvalue weighted by molar-refractivity contribution is 7.89. The zero-order chi connectivity index (χ0) is 15.1. The van der Waals surface area contributed by atoms with Crippen LogP contribution in [0.3, 0.4) is 0 Å². The fraction of sp³-hybridized carbons (Fsp3) is 0.538. The lowest BCUT2D eigenvalue weighted by Gasteiger charge is -2.44. The largest absolute Gasteiger partial charge is 0.399 e. The topological polar surface area (TPSA) is 66.6 Å². The summed E-state index contributed by atoms with van der Waals surface area (Å²) >= 11 is 6.04. The van der Waals surface area contributed by atoms with Gasteiger partial charge in [-0.05, 0) is 39.1 Å². The lowest BCUT2D eigenvalue weighted by atomic mass is 10.0. The summed E-state index contributed by atoms with van der Waals surface area (Å²) in [7, 11) is -1.58. The number of nitrogens with zero attached hydrogens (tertiary/aromatic N) is 2. The van der Waals surface area contributed by atoms with Crippen molar-refractivity contribution in [2.75, 3.05) is 32.4 Å². The predicted molar refractivity (Wildman–Crippen MR) is 81.3 cm³/mol. The molecule has 0 saturated carbocycles. The average Bonchev–Trinajstić information content (AvgIpc) is 2.31. The second kappa shape index (κ2) is 5.18. The van der Waals surface area contributed by atoms with Gasteiger partial charge in [0.1, 0.15) is 4.90 Å². The van der Waals surface area contributed by atoms with Crippen LogP contribution in [0.15, 0.2) is 23.1 Å². The molecule has 0 aliphatic carbocycles. The predicted octanol–water partition coefficient (Wildman–Crippen LogP) is 1.64. The SMILES string of the molecule is CN1CCN(S(=O)(=O)c2ccc(N)cc2Cl)CC1(C)C. The molecule has 1 heterocycles. The minimum absolute atomic E-state index is 0.119. The van der Waals surface area contributed by atoms with Crippen LogP contribution in [0, 0.1) is 0 Å². The van der Waals surface area contributed by atoms with Crippen molar-refractivity contribution >= 4 is 27.3 Å². The number of anilines is 1. The van der Waals surface area contributed by atoms with Crippen LogP contribution in [-0.4, -0.2) is 49.8 Å².